The summed E-state index contributed by atoms with van der Waals surface area (Å²) in [7, 11) is 0. The van der Waals surface area contributed by atoms with Gasteiger partial charge in [0.05, 0.1) is 17.1 Å². The summed E-state index contributed by atoms with van der Waals surface area (Å²) in [4.78, 5) is 0. The largest absolute Gasteiger partial charge is 0.573 e. The summed E-state index contributed by atoms with van der Waals surface area (Å²) >= 11 is 0. The minimum Gasteiger partial charge on any atom is -0.404 e. The van der Waals surface area contributed by atoms with Gasteiger partial charge in [-0.25, -0.2) is 0 Å². The third kappa shape index (κ3) is 3.54. The van der Waals surface area contributed by atoms with Crippen molar-refractivity contribution in [1.82, 2.24) is 0 Å². The molecule has 0 fully saturated rings. The minimum absolute atomic E-state index is 0.192. The molecular formula is C13H11F3N2O. The van der Waals surface area contributed by atoms with E-state index in [0.29, 0.717) is 11.4 Å². The molecule has 0 aromatic heterocycles. The Morgan fingerprint density at radius 2 is 1.47 bits per heavy atom. The van der Waals surface area contributed by atoms with Crippen molar-refractivity contribution in [3.8, 4) is 5.75 Å². The molecule has 0 saturated heterocycles. The summed E-state index contributed by atoms with van der Waals surface area (Å²) in [5.41, 5.74) is 6.86. The van der Waals surface area contributed by atoms with Gasteiger partial charge in [0, 0.05) is 0 Å². The summed E-state index contributed by atoms with van der Waals surface area (Å²) in [6.45, 7) is 0. The third-order valence-electron chi connectivity index (χ3n) is 2.34. The fraction of sp³-hybridized carbons (Fsp3) is 0.0769. The highest BCUT2D eigenvalue weighted by atomic mass is 19.4. The summed E-state index contributed by atoms with van der Waals surface area (Å²) in [5.74, 6) is -0.307. The molecule has 0 aliphatic rings. The Labute approximate surface area is 107 Å². The van der Waals surface area contributed by atoms with Gasteiger partial charge in [-0.1, -0.05) is 24.3 Å². The van der Waals surface area contributed by atoms with Crippen LogP contribution >= 0.6 is 0 Å². The van der Waals surface area contributed by atoms with Crippen LogP contribution < -0.4 is 15.8 Å². The summed E-state index contributed by atoms with van der Waals surface area (Å²) in [6, 6.07) is 12.5. The highest BCUT2D eigenvalue weighted by Gasteiger charge is 2.32. The Balaban J connectivity index is 2.28. The topological polar surface area (TPSA) is 47.3 Å². The highest BCUT2D eigenvalue weighted by Crippen LogP contribution is 2.33. The van der Waals surface area contributed by atoms with Crippen molar-refractivity contribution in [3.05, 3.63) is 48.5 Å². The first-order chi connectivity index (χ1) is 8.96. The third-order valence-corrected chi connectivity index (χ3v) is 2.34. The molecule has 2 aromatic rings. The lowest BCUT2D eigenvalue weighted by molar-refractivity contribution is -0.274. The average molecular weight is 268 g/mol. The van der Waals surface area contributed by atoms with E-state index in [0.717, 1.165) is 0 Å². The Morgan fingerprint density at radius 1 is 0.895 bits per heavy atom. The zero-order valence-corrected chi connectivity index (χ0v) is 9.74. The fourth-order valence-corrected chi connectivity index (χ4v) is 1.54. The lowest BCUT2D eigenvalue weighted by atomic mass is 10.2. The smallest absolute Gasteiger partial charge is 0.404 e. The molecule has 3 nitrogen and oxygen atoms in total. The van der Waals surface area contributed by atoms with E-state index < -0.39 is 6.36 Å². The molecule has 0 unspecified atom stereocenters. The maximum absolute atomic E-state index is 12.3. The quantitative estimate of drug-likeness (QED) is 0.830. The molecule has 0 amide bonds. The SMILES string of the molecule is Nc1ccccc1Nc1ccccc1OC(F)(F)F. The predicted molar refractivity (Wildman–Crippen MR) is 67.3 cm³/mol. The molecule has 0 spiro atoms. The van der Waals surface area contributed by atoms with Crippen LogP contribution in [0.25, 0.3) is 0 Å². The Morgan fingerprint density at radius 3 is 2.11 bits per heavy atom. The number of benzene rings is 2. The van der Waals surface area contributed by atoms with Gasteiger partial charge >= 0.3 is 6.36 Å². The monoisotopic (exact) mass is 268 g/mol. The maximum Gasteiger partial charge on any atom is 0.573 e. The van der Waals surface area contributed by atoms with Crippen LogP contribution in [-0.4, -0.2) is 6.36 Å². The van der Waals surface area contributed by atoms with Crippen LogP contribution in [0.3, 0.4) is 0 Å². The number of hydrogen-bond donors (Lipinski definition) is 2. The second-order valence-electron chi connectivity index (χ2n) is 3.76. The Kier molecular flexibility index (Phi) is 3.50. The fourth-order valence-electron chi connectivity index (χ4n) is 1.54. The van der Waals surface area contributed by atoms with Gasteiger partial charge in [-0.3, -0.25) is 0 Å². The van der Waals surface area contributed by atoms with Crippen molar-refractivity contribution in [2.24, 2.45) is 0 Å². The number of hydrogen-bond acceptors (Lipinski definition) is 3. The van der Waals surface area contributed by atoms with E-state index in [-0.39, 0.29) is 11.4 Å². The molecule has 0 aliphatic carbocycles. The molecule has 0 saturated carbocycles. The van der Waals surface area contributed by atoms with Crippen LogP contribution in [0.4, 0.5) is 30.2 Å². The van der Waals surface area contributed by atoms with Gasteiger partial charge in [-0.2, -0.15) is 0 Å². The van der Waals surface area contributed by atoms with E-state index in [4.69, 9.17) is 5.73 Å². The molecule has 3 N–H and O–H groups in total. The van der Waals surface area contributed by atoms with Crippen LogP contribution in [0.2, 0.25) is 0 Å². The Bertz CT molecular complexity index is 570. The standard InChI is InChI=1S/C13H11F3N2O/c14-13(15,16)19-12-8-4-3-7-11(12)18-10-6-2-1-5-9(10)17/h1-8,18H,17H2. The van der Waals surface area contributed by atoms with E-state index in [2.05, 4.69) is 10.1 Å². The first-order valence-electron chi connectivity index (χ1n) is 5.42. The molecule has 2 aromatic carbocycles. The minimum atomic E-state index is -4.74. The lowest BCUT2D eigenvalue weighted by Gasteiger charge is -2.15. The average Bonchev–Trinajstić information content (AvgIpc) is 2.33. The number of ether oxygens (including phenoxy) is 1. The number of nitrogens with one attached hydrogen (secondary N) is 1. The molecule has 19 heavy (non-hydrogen) atoms. The highest BCUT2D eigenvalue weighted by molar-refractivity contribution is 5.75. The summed E-state index contributed by atoms with van der Waals surface area (Å²) in [6.07, 6.45) is -4.74. The second-order valence-corrected chi connectivity index (χ2v) is 3.76. The zero-order chi connectivity index (χ0) is 13.9. The first kappa shape index (κ1) is 13.1. The molecule has 0 aliphatic heterocycles. The summed E-state index contributed by atoms with van der Waals surface area (Å²) in [5, 5.41) is 2.81. The van der Waals surface area contributed by atoms with E-state index in [9.17, 15) is 13.2 Å². The van der Waals surface area contributed by atoms with Crippen molar-refractivity contribution < 1.29 is 17.9 Å². The number of nitrogen functional groups attached to an aromatic ring is 1. The zero-order valence-electron chi connectivity index (χ0n) is 9.74. The normalized spacial score (nSPS) is 11.1. The van der Waals surface area contributed by atoms with E-state index in [1.54, 1.807) is 30.3 Å². The molecule has 0 radical (unpaired) electrons. The number of rotatable bonds is 3. The van der Waals surface area contributed by atoms with Crippen LogP contribution in [0, 0.1) is 0 Å². The van der Waals surface area contributed by atoms with Crippen molar-refractivity contribution in [2.75, 3.05) is 11.1 Å². The maximum atomic E-state index is 12.3. The van der Waals surface area contributed by atoms with E-state index in [1.165, 1.54) is 18.2 Å². The van der Waals surface area contributed by atoms with E-state index >= 15 is 0 Å². The van der Waals surface area contributed by atoms with Crippen LogP contribution in [0.15, 0.2) is 48.5 Å². The number of nitrogens with two attached hydrogens (primary N) is 1. The Hall–Kier alpha value is -2.37. The van der Waals surface area contributed by atoms with Crippen molar-refractivity contribution in [3.63, 3.8) is 0 Å². The predicted octanol–water partition coefficient (Wildman–Crippen LogP) is 3.91. The molecule has 6 heteroatoms. The van der Waals surface area contributed by atoms with Gasteiger partial charge in [0.2, 0.25) is 0 Å². The van der Waals surface area contributed by atoms with E-state index in [1.807, 2.05) is 0 Å². The number of anilines is 3. The van der Waals surface area contributed by atoms with Crippen molar-refractivity contribution in [1.29, 1.82) is 0 Å². The first-order valence-corrected chi connectivity index (χ1v) is 5.42. The molecule has 2 rings (SSSR count). The second kappa shape index (κ2) is 5.09. The van der Waals surface area contributed by atoms with Gasteiger partial charge in [-0.05, 0) is 24.3 Å². The van der Waals surface area contributed by atoms with Gasteiger partial charge in [-0.15, -0.1) is 13.2 Å². The number of alkyl halides is 3. The van der Waals surface area contributed by atoms with Gasteiger partial charge in [0.1, 0.15) is 0 Å². The molecule has 0 heterocycles. The van der Waals surface area contributed by atoms with Crippen molar-refractivity contribution >= 4 is 17.1 Å². The van der Waals surface area contributed by atoms with Crippen molar-refractivity contribution in [2.45, 2.75) is 6.36 Å². The van der Waals surface area contributed by atoms with Gasteiger partial charge in [0.15, 0.2) is 5.75 Å². The van der Waals surface area contributed by atoms with Gasteiger partial charge in [0.25, 0.3) is 0 Å². The molecule has 0 atom stereocenters. The number of halogens is 3. The van der Waals surface area contributed by atoms with Crippen LogP contribution in [0.1, 0.15) is 0 Å². The van der Waals surface area contributed by atoms with Gasteiger partial charge < -0.3 is 15.8 Å². The molecule has 100 valence electrons. The lowest BCUT2D eigenvalue weighted by Crippen LogP contribution is -2.17. The van der Waals surface area contributed by atoms with Crippen LogP contribution in [0.5, 0.6) is 5.75 Å². The summed E-state index contributed by atoms with van der Waals surface area (Å²) < 4.78 is 40.7. The van der Waals surface area contributed by atoms with Crippen LogP contribution in [-0.2, 0) is 0 Å². The molecular weight excluding hydrogens is 257 g/mol. The molecule has 0 bridgehead atoms. The number of para-hydroxylation sites is 4.